The molecule has 0 fully saturated rings. The van der Waals surface area contributed by atoms with Crippen LogP contribution in [-0.4, -0.2) is 61.3 Å². The minimum Gasteiger partial charge on any atom is -0.741 e. The topological polar surface area (TPSA) is 132 Å². The average Bonchev–Trinajstić information content (AvgIpc) is 2.81. The zero-order valence-electron chi connectivity index (χ0n) is 18.3. The molecule has 0 bridgehead atoms. The van der Waals surface area contributed by atoms with Gasteiger partial charge in [-0.05, 0) is 34.6 Å². The molecule has 0 spiro atoms. The summed E-state index contributed by atoms with van der Waals surface area (Å²) in [6, 6.07) is 10.2. The summed E-state index contributed by atoms with van der Waals surface area (Å²) >= 11 is 9.55. The summed E-state index contributed by atoms with van der Waals surface area (Å²) in [6.45, 7) is 0. The second-order valence-electron chi connectivity index (χ2n) is 5.59. The maximum absolute atomic E-state index is 9.71. The summed E-state index contributed by atoms with van der Waals surface area (Å²) in [4.78, 5) is 7.39. The Labute approximate surface area is 218 Å². The van der Waals surface area contributed by atoms with E-state index in [9.17, 15) is 10.2 Å². The van der Waals surface area contributed by atoms with E-state index < -0.39 is 0 Å². The van der Waals surface area contributed by atoms with E-state index >= 15 is 0 Å². The Bertz CT molecular complexity index is 923. The van der Waals surface area contributed by atoms with Crippen LogP contribution in [0, 0.1) is 0 Å². The van der Waals surface area contributed by atoms with Gasteiger partial charge in [-0.15, -0.1) is 0 Å². The Kier molecular flexibility index (Phi) is 15.2. The van der Waals surface area contributed by atoms with Gasteiger partial charge in [0.25, 0.3) is 0 Å². The van der Waals surface area contributed by atoms with Gasteiger partial charge in [0, 0.05) is 25.2 Å². The molecular weight excluding hydrogens is 647 g/mol. The third kappa shape index (κ3) is 10.5. The number of nitrogens with one attached hydrogen (secondary N) is 2. The van der Waals surface area contributed by atoms with Crippen molar-refractivity contribution >= 4 is 48.0 Å². The molecule has 0 saturated heterocycles. The number of nitrogens with zero attached hydrogens (tertiary/aromatic N) is 4. The van der Waals surface area contributed by atoms with Gasteiger partial charge in [0.05, 0.1) is 26.6 Å². The number of phenolic OH excluding ortho intramolecular Hbond substituents is 2. The Balaban J connectivity index is 0.000000602. The van der Waals surface area contributed by atoms with Crippen LogP contribution < -0.4 is 20.3 Å². The molecule has 2 aromatic rings. The van der Waals surface area contributed by atoms with Crippen molar-refractivity contribution in [3.05, 3.63) is 47.5 Å². The van der Waals surface area contributed by atoms with Crippen molar-refractivity contribution < 1.29 is 40.8 Å². The van der Waals surface area contributed by atoms with Crippen LogP contribution in [0.1, 0.15) is 11.1 Å². The molecular formula is C20H24N6O4PtS2. The summed E-state index contributed by atoms with van der Waals surface area (Å²) in [5.74, 6) is 0.864. The van der Waals surface area contributed by atoms with E-state index in [0.29, 0.717) is 22.6 Å². The Morgan fingerprint density at radius 1 is 0.788 bits per heavy atom. The van der Waals surface area contributed by atoms with Crippen LogP contribution in [-0.2, 0) is 46.3 Å². The van der Waals surface area contributed by atoms with Crippen molar-refractivity contribution in [1.82, 2.24) is 10.9 Å². The normalized spacial score (nSPS) is 11.4. The molecule has 4 N–H and O–H groups in total. The van der Waals surface area contributed by atoms with Crippen LogP contribution in [0.15, 0.2) is 56.6 Å². The zero-order valence-corrected chi connectivity index (χ0v) is 22.2. The molecule has 0 atom stereocenters. The number of amidine groups is 2. The summed E-state index contributed by atoms with van der Waals surface area (Å²) in [6.07, 6.45) is 2.88. The number of rotatable bonds is 6. The van der Waals surface area contributed by atoms with Crippen molar-refractivity contribution in [3.63, 3.8) is 0 Å². The average molecular weight is 672 g/mol. The van der Waals surface area contributed by atoms with Gasteiger partial charge in [-0.1, -0.05) is 12.1 Å². The fourth-order valence-corrected chi connectivity index (χ4v) is 2.14. The van der Waals surface area contributed by atoms with Gasteiger partial charge in [0.2, 0.25) is 0 Å². The number of aliphatic imine (C=N–C) groups is 2. The van der Waals surface area contributed by atoms with E-state index in [0.717, 1.165) is 0 Å². The minimum absolute atomic E-state index is 0. The van der Waals surface area contributed by atoms with E-state index in [1.54, 1.807) is 50.5 Å². The molecule has 0 heterocycles. The molecule has 13 heteroatoms. The summed E-state index contributed by atoms with van der Waals surface area (Å²) < 4.78 is 9.92. The third-order valence-electron chi connectivity index (χ3n) is 3.63. The number of hydrogen-bond donors (Lipinski definition) is 4. The number of phenols is 2. The number of aromatic hydroxyl groups is 2. The van der Waals surface area contributed by atoms with Gasteiger partial charge in [-0.25, -0.2) is 0 Å². The van der Waals surface area contributed by atoms with Crippen molar-refractivity contribution in [2.45, 2.75) is 0 Å². The molecule has 2 aromatic carbocycles. The Hall–Kier alpha value is -2.95. The molecule has 0 aliphatic carbocycles. The molecule has 33 heavy (non-hydrogen) atoms. The number of ether oxygens (including phenoxy) is 2. The van der Waals surface area contributed by atoms with Gasteiger partial charge >= 0.3 is 21.1 Å². The van der Waals surface area contributed by atoms with Crippen molar-refractivity contribution in [2.24, 2.45) is 20.2 Å². The largest absolute Gasteiger partial charge is 2.00 e. The van der Waals surface area contributed by atoms with E-state index in [1.165, 1.54) is 26.6 Å². The number of hydrazone groups is 2. The van der Waals surface area contributed by atoms with Gasteiger partial charge in [-0.2, -0.15) is 10.2 Å². The molecule has 0 aliphatic rings. The second-order valence-corrected chi connectivity index (χ2v) is 6.37. The second kappa shape index (κ2) is 16.6. The quantitative estimate of drug-likeness (QED) is 0.158. The van der Waals surface area contributed by atoms with Gasteiger partial charge < -0.3 is 44.9 Å². The summed E-state index contributed by atoms with van der Waals surface area (Å²) in [5, 5.41) is 27.6. The monoisotopic (exact) mass is 671 g/mol. The molecule has 0 radical (unpaired) electrons. The van der Waals surface area contributed by atoms with Crippen LogP contribution in [0.4, 0.5) is 0 Å². The molecule has 0 saturated carbocycles. The number of benzene rings is 2. The first-order chi connectivity index (χ1) is 15.4. The predicted octanol–water partition coefficient (Wildman–Crippen LogP) is 1.71. The molecule has 180 valence electrons. The van der Waals surface area contributed by atoms with Crippen LogP contribution in [0.5, 0.6) is 23.0 Å². The molecule has 0 unspecified atom stereocenters. The first kappa shape index (κ1) is 30.0. The fraction of sp³-hybridized carbons (Fsp3) is 0.200. The standard InChI is InChI=1S/2C10H13N3O2S.Pt/c2*1-11-10(16)13-12-6-7-4-3-5-8(15-2)9(7)14;/h2*3-6,14H,1-2H3,(H2,11,13,16);/q;;+2/p-2/b2*12-6+;. The van der Waals surface area contributed by atoms with Crippen molar-refractivity contribution in [1.29, 1.82) is 0 Å². The number of hydrogen-bond acceptors (Lipinski definition) is 10. The van der Waals surface area contributed by atoms with Gasteiger partial charge in [0.1, 0.15) is 0 Å². The van der Waals surface area contributed by atoms with Gasteiger partial charge in [0.15, 0.2) is 23.0 Å². The van der Waals surface area contributed by atoms with E-state index in [4.69, 9.17) is 34.7 Å². The minimum atomic E-state index is 0. The zero-order chi connectivity index (χ0) is 23.9. The summed E-state index contributed by atoms with van der Waals surface area (Å²) in [7, 11) is 6.10. The smallest absolute Gasteiger partial charge is 0.741 e. The SMILES string of the molecule is CN=C([S-])N/N=C/c1cccc(OC)c1O.CN=C([S-])N/N=C/c1cccc(OC)c1O.[Pt+2]. The summed E-state index contributed by atoms with van der Waals surface area (Å²) in [5.41, 5.74) is 6.12. The van der Waals surface area contributed by atoms with Crippen LogP contribution in [0.3, 0.4) is 0 Å². The van der Waals surface area contributed by atoms with E-state index in [2.05, 4.69) is 31.0 Å². The maximum atomic E-state index is 9.71. The molecule has 0 aromatic heterocycles. The first-order valence-corrected chi connectivity index (χ1v) is 9.77. The van der Waals surface area contributed by atoms with Gasteiger partial charge in [-0.3, -0.25) is 20.8 Å². The predicted molar refractivity (Wildman–Crippen MR) is 132 cm³/mol. The van der Waals surface area contributed by atoms with Crippen LogP contribution >= 0.6 is 0 Å². The Morgan fingerprint density at radius 3 is 1.45 bits per heavy atom. The van der Waals surface area contributed by atoms with Crippen molar-refractivity contribution in [2.75, 3.05) is 28.3 Å². The van der Waals surface area contributed by atoms with E-state index in [-0.39, 0.29) is 42.9 Å². The van der Waals surface area contributed by atoms with Crippen LogP contribution in [0.2, 0.25) is 0 Å². The molecule has 0 aliphatic heterocycles. The number of para-hydroxylation sites is 2. The van der Waals surface area contributed by atoms with Crippen LogP contribution in [0.25, 0.3) is 0 Å². The first-order valence-electron chi connectivity index (χ1n) is 8.95. The van der Waals surface area contributed by atoms with Crippen molar-refractivity contribution in [3.8, 4) is 23.0 Å². The number of methoxy groups -OCH3 is 2. The third-order valence-corrected chi connectivity index (χ3v) is 4.18. The molecule has 10 nitrogen and oxygen atoms in total. The maximum Gasteiger partial charge on any atom is 2.00 e. The Morgan fingerprint density at radius 2 is 1.15 bits per heavy atom. The van der Waals surface area contributed by atoms with E-state index in [1.807, 2.05) is 0 Å². The molecule has 2 rings (SSSR count). The fourth-order valence-electron chi connectivity index (χ4n) is 2.03. The molecule has 0 amide bonds.